The number of pyridine rings is 1. The van der Waals surface area contributed by atoms with Crippen LogP contribution in [0.5, 0.6) is 0 Å². The molecule has 3 aliphatic rings. The highest BCUT2D eigenvalue weighted by molar-refractivity contribution is 5.94. The van der Waals surface area contributed by atoms with Gasteiger partial charge in [0.2, 0.25) is 5.43 Å². The summed E-state index contributed by atoms with van der Waals surface area (Å²) >= 11 is 0. The molecule has 1 aliphatic heterocycles. The minimum Gasteiger partial charge on any atom is -0.477 e. The molecule has 8 heteroatoms. The van der Waals surface area contributed by atoms with E-state index in [0.29, 0.717) is 23.2 Å². The van der Waals surface area contributed by atoms with Crippen molar-refractivity contribution in [2.45, 2.75) is 63.3 Å². The highest BCUT2D eigenvalue weighted by atomic mass is 19.1. The normalized spacial score (nSPS) is 31.8. The summed E-state index contributed by atoms with van der Waals surface area (Å²) in [6.07, 6.45) is 3.14. The highest BCUT2D eigenvalue weighted by Crippen LogP contribution is 2.60. The zero-order chi connectivity index (χ0) is 21.6. The first-order chi connectivity index (χ1) is 14.1. The number of nitrogens with two attached hydrogens (primary N) is 1. The molecule has 0 amide bonds. The summed E-state index contributed by atoms with van der Waals surface area (Å²) in [6, 6.07) is 0.268. The standard InChI is InChI=1S/C22H25F2N3O3/c1-10-16(19-22(4-3-5-22)21(2,25)9-26-19)14(24)6-11-17(10)27(15-7-13(15)23)8-12(18(11)28)20(29)30/h6,8,13,15,19,26H,3-5,7,9,25H2,1-2H3,(H,29,30)/t13-,15+,19?,21?/m0/s1. The quantitative estimate of drug-likeness (QED) is 0.713. The molecule has 2 aromatic rings. The molecule has 0 bridgehead atoms. The van der Waals surface area contributed by atoms with Gasteiger partial charge in [0.05, 0.1) is 11.6 Å². The van der Waals surface area contributed by atoms with Crippen LogP contribution in [0.1, 0.15) is 66.2 Å². The Kier molecular flexibility index (Phi) is 4.00. The maximum Gasteiger partial charge on any atom is 0.341 e. The molecule has 2 saturated carbocycles. The largest absolute Gasteiger partial charge is 0.477 e. The zero-order valence-electron chi connectivity index (χ0n) is 17.0. The maximum absolute atomic E-state index is 15.5. The van der Waals surface area contributed by atoms with Gasteiger partial charge in [-0.3, -0.25) is 4.79 Å². The number of nitrogens with one attached hydrogen (secondary N) is 1. The van der Waals surface area contributed by atoms with Gasteiger partial charge in [0.1, 0.15) is 17.6 Å². The van der Waals surface area contributed by atoms with Crippen LogP contribution in [-0.2, 0) is 0 Å². The Morgan fingerprint density at radius 3 is 2.60 bits per heavy atom. The van der Waals surface area contributed by atoms with Crippen LogP contribution >= 0.6 is 0 Å². The lowest BCUT2D eigenvalue weighted by molar-refractivity contribution is 0.0452. The number of rotatable bonds is 3. The van der Waals surface area contributed by atoms with Gasteiger partial charge >= 0.3 is 5.97 Å². The molecule has 160 valence electrons. The van der Waals surface area contributed by atoms with E-state index in [2.05, 4.69) is 5.32 Å². The fourth-order valence-electron chi connectivity index (χ4n) is 5.71. The molecule has 2 heterocycles. The van der Waals surface area contributed by atoms with E-state index >= 15 is 4.39 Å². The van der Waals surface area contributed by atoms with Crippen LogP contribution in [0.15, 0.2) is 17.1 Å². The number of benzene rings is 1. The van der Waals surface area contributed by atoms with E-state index in [0.717, 1.165) is 25.3 Å². The number of aromatic nitrogens is 1. The Hall–Kier alpha value is -2.32. The Morgan fingerprint density at radius 2 is 2.07 bits per heavy atom. The number of carboxylic acid groups (broad SMARTS) is 1. The first kappa shape index (κ1) is 19.6. The summed E-state index contributed by atoms with van der Waals surface area (Å²) in [7, 11) is 0. The van der Waals surface area contributed by atoms with Crippen molar-refractivity contribution in [3.05, 3.63) is 45.0 Å². The molecule has 4 atom stereocenters. The number of alkyl halides is 1. The lowest BCUT2D eigenvalue weighted by Gasteiger charge is -2.51. The Morgan fingerprint density at radius 1 is 1.40 bits per heavy atom. The first-order valence-corrected chi connectivity index (χ1v) is 10.4. The summed E-state index contributed by atoms with van der Waals surface area (Å²) in [5, 5.41) is 12.8. The van der Waals surface area contributed by atoms with Crippen molar-refractivity contribution >= 4 is 16.9 Å². The van der Waals surface area contributed by atoms with E-state index in [9.17, 15) is 19.1 Å². The minimum absolute atomic E-state index is 0.0242. The highest BCUT2D eigenvalue weighted by Gasteiger charge is 2.60. The fraction of sp³-hybridized carbons (Fsp3) is 0.545. The second-order valence-electron chi connectivity index (χ2n) is 9.44. The van der Waals surface area contributed by atoms with Crippen LogP contribution in [0.25, 0.3) is 10.9 Å². The predicted octanol–water partition coefficient (Wildman–Crippen LogP) is 2.96. The lowest BCUT2D eigenvalue weighted by atomic mass is 9.55. The number of hydrogen-bond acceptors (Lipinski definition) is 4. The second-order valence-corrected chi connectivity index (χ2v) is 9.44. The topological polar surface area (TPSA) is 97.3 Å². The molecule has 1 spiro atoms. The molecule has 1 aromatic heterocycles. The molecular weight excluding hydrogens is 392 g/mol. The molecule has 5 rings (SSSR count). The van der Waals surface area contributed by atoms with Gasteiger partial charge in [-0.25, -0.2) is 13.6 Å². The third-order valence-electron chi connectivity index (χ3n) is 7.72. The van der Waals surface area contributed by atoms with E-state index in [1.807, 2.05) is 6.92 Å². The Labute approximate surface area is 172 Å². The average Bonchev–Trinajstić information content (AvgIpc) is 3.27. The van der Waals surface area contributed by atoms with Crippen LogP contribution < -0.4 is 16.5 Å². The summed E-state index contributed by atoms with van der Waals surface area (Å²) in [5.74, 6) is -1.96. The SMILES string of the molecule is Cc1c(C2NCC(C)(N)C23CCC3)c(F)cc2c(=O)c(C(=O)O)cn([C@@H]3C[C@@H]3F)c12. The smallest absolute Gasteiger partial charge is 0.341 e. The number of hydrogen-bond donors (Lipinski definition) is 3. The van der Waals surface area contributed by atoms with E-state index < -0.39 is 40.5 Å². The number of fused-ring (bicyclic) bond motifs is 1. The first-order valence-electron chi connectivity index (χ1n) is 10.4. The van der Waals surface area contributed by atoms with Crippen LogP contribution in [0.2, 0.25) is 0 Å². The zero-order valence-corrected chi connectivity index (χ0v) is 17.0. The van der Waals surface area contributed by atoms with Gasteiger partial charge in [0.15, 0.2) is 0 Å². The summed E-state index contributed by atoms with van der Waals surface area (Å²) in [6.45, 7) is 4.27. The number of carbonyl (C=O) groups is 1. The number of halogens is 2. The lowest BCUT2D eigenvalue weighted by Crippen LogP contribution is -2.56. The Bertz CT molecular complexity index is 1150. The molecule has 3 fully saturated rings. The van der Waals surface area contributed by atoms with Gasteiger partial charge < -0.3 is 20.7 Å². The van der Waals surface area contributed by atoms with Crippen molar-refractivity contribution < 1.29 is 18.7 Å². The molecule has 1 aromatic carbocycles. The van der Waals surface area contributed by atoms with Gasteiger partial charge in [-0.1, -0.05) is 6.42 Å². The van der Waals surface area contributed by atoms with Crippen LogP contribution in [0.4, 0.5) is 8.78 Å². The van der Waals surface area contributed by atoms with Crippen molar-refractivity contribution in [3.8, 4) is 0 Å². The second kappa shape index (κ2) is 6.11. The number of carboxylic acids is 1. The molecular formula is C22H25F2N3O3. The molecule has 0 radical (unpaired) electrons. The van der Waals surface area contributed by atoms with Gasteiger partial charge in [-0.2, -0.15) is 0 Å². The molecule has 1 saturated heterocycles. The average molecular weight is 417 g/mol. The number of nitrogens with zero attached hydrogens (tertiary/aromatic N) is 1. The molecule has 6 nitrogen and oxygen atoms in total. The molecule has 2 unspecified atom stereocenters. The van der Waals surface area contributed by atoms with Crippen molar-refractivity contribution in [2.24, 2.45) is 11.1 Å². The fourth-order valence-corrected chi connectivity index (χ4v) is 5.71. The van der Waals surface area contributed by atoms with Crippen molar-refractivity contribution in [3.63, 3.8) is 0 Å². The number of aryl methyl sites for hydroxylation is 1. The van der Waals surface area contributed by atoms with Gasteiger partial charge in [-0.05, 0) is 38.3 Å². The summed E-state index contributed by atoms with van der Waals surface area (Å²) < 4.78 is 31.0. The summed E-state index contributed by atoms with van der Waals surface area (Å²) in [5.41, 5.74) is 6.00. The third kappa shape index (κ3) is 2.40. The third-order valence-corrected chi connectivity index (χ3v) is 7.72. The van der Waals surface area contributed by atoms with E-state index in [1.165, 1.54) is 10.8 Å². The van der Waals surface area contributed by atoms with Crippen LogP contribution in [0.3, 0.4) is 0 Å². The predicted molar refractivity (Wildman–Crippen MR) is 108 cm³/mol. The van der Waals surface area contributed by atoms with Crippen molar-refractivity contribution in [1.29, 1.82) is 0 Å². The molecule has 2 aliphatic carbocycles. The van der Waals surface area contributed by atoms with Gasteiger partial charge in [-0.15, -0.1) is 0 Å². The molecule has 4 N–H and O–H groups in total. The van der Waals surface area contributed by atoms with E-state index in [1.54, 1.807) is 6.92 Å². The van der Waals surface area contributed by atoms with Crippen molar-refractivity contribution in [2.75, 3.05) is 6.54 Å². The van der Waals surface area contributed by atoms with Gasteiger partial charge in [0.25, 0.3) is 0 Å². The maximum atomic E-state index is 15.5. The minimum atomic E-state index is -1.40. The molecule has 30 heavy (non-hydrogen) atoms. The van der Waals surface area contributed by atoms with Gasteiger partial charge in [0, 0.05) is 47.1 Å². The number of aromatic carboxylic acids is 1. The van der Waals surface area contributed by atoms with Crippen LogP contribution in [-0.4, -0.2) is 33.9 Å². The van der Waals surface area contributed by atoms with Crippen molar-refractivity contribution in [1.82, 2.24) is 9.88 Å². The van der Waals surface area contributed by atoms with E-state index in [4.69, 9.17) is 5.73 Å². The van der Waals surface area contributed by atoms with E-state index in [-0.39, 0.29) is 23.3 Å². The van der Waals surface area contributed by atoms with Crippen LogP contribution in [0, 0.1) is 18.2 Å². The Balaban J connectivity index is 1.79. The monoisotopic (exact) mass is 417 g/mol. The summed E-state index contributed by atoms with van der Waals surface area (Å²) in [4.78, 5) is 24.4.